The highest BCUT2D eigenvalue weighted by Gasteiger charge is 2.52. The van der Waals surface area contributed by atoms with E-state index in [2.05, 4.69) is 50.3 Å². The highest BCUT2D eigenvalue weighted by Crippen LogP contribution is 2.39. The van der Waals surface area contributed by atoms with E-state index in [1.807, 2.05) is 32.0 Å². The summed E-state index contributed by atoms with van der Waals surface area (Å²) in [6, 6.07) is 13.0. The number of imide groups is 1. The number of para-hydroxylation sites is 1. The van der Waals surface area contributed by atoms with Crippen LogP contribution >= 0.6 is 23.8 Å². The normalized spacial score (nSPS) is 25.9. The maximum absolute atomic E-state index is 13.6. The number of piperidine rings is 1. The summed E-state index contributed by atoms with van der Waals surface area (Å²) in [4.78, 5) is 59.7. The molecule has 3 saturated heterocycles. The van der Waals surface area contributed by atoms with Gasteiger partial charge in [-0.1, -0.05) is 23.7 Å². The smallest absolute Gasteiger partial charge is 0.258 e. The third kappa shape index (κ3) is 8.03. The van der Waals surface area contributed by atoms with E-state index < -0.39 is 11.5 Å². The highest BCUT2D eigenvalue weighted by atomic mass is 35.5. The van der Waals surface area contributed by atoms with E-state index in [1.54, 1.807) is 34.8 Å². The predicted octanol–water partition coefficient (Wildman–Crippen LogP) is 4.69. The van der Waals surface area contributed by atoms with E-state index >= 15 is 0 Å². The Balaban J connectivity index is 0.876. The maximum atomic E-state index is 13.6. The number of thiocarbonyl (C=S) groups is 1. The second kappa shape index (κ2) is 16.4. The van der Waals surface area contributed by atoms with Crippen molar-refractivity contribution in [2.45, 2.75) is 102 Å². The molecule has 2 N–H and O–H groups in total. The van der Waals surface area contributed by atoms with Crippen molar-refractivity contribution in [3.05, 3.63) is 52.7 Å². The number of nitrogens with zero attached hydrogens (tertiary/aromatic N) is 7. The van der Waals surface area contributed by atoms with Gasteiger partial charge in [0, 0.05) is 56.6 Å². The number of anilines is 2. The lowest BCUT2D eigenvalue weighted by Gasteiger charge is -2.44. The number of amides is 4. The first-order chi connectivity index (χ1) is 27.2. The molecule has 0 spiro atoms. The number of fused-ring (bicyclic) bond motifs is 1. The van der Waals surface area contributed by atoms with Crippen LogP contribution in [-0.2, 0) is 31.0 Å². The van der Waals surface area contributed by atoms with Crippen molar-refractivity contribution in [3.63, 3.8) is 0 Å². The Morgan fingerprint density at radius 3 is 2.47 bits per heavy atom. The molecule has 1 saturated carbocycles. The van der Waals surface area contributed by atoms with Crippen LogP contribution in [0.2, 0.25) is 5.02 Å². The predicted molar refractivity (Wildman–Crippen MR) is 221 cm³/mol. The molecule has 4 aliphatic rings. The van der Waals surface area contributed by atoms with Gasteiger partial charge in [-0.05, 0) is 96.3 Å². The fourth-order valence-electron chi connectivity index (χ4n) is 9.20. The third-order valence-corrected chi connectivity index (χ3v) is 12.8. The number of aryl methyl sites for hydroxylation is 1. The van der Waals surface area contributed by atoms with Gasteiger partial charge in [0.15, 0.2) is 5.11 Å². The van der Waals surface area contributed by atoms with E-state index in [9.17, 15) is 24.4 Å². The van der Waals surface area contributed by atoms with Gasteiger partial charge in [-0.15, -0.1) is 0 Å². The standard InChI is InChI=1S/C41H50ClN9O5S/c1-24-21-48(17-18-56-29-13-11-27(12-14-29)51-40(57)50(39(55)41(51,3)4)28-10-9-26(20-43)32(42)19-28)22-25(2)49(24)23-35(53)44-33-8-6-7-30-36(46-47(5)37(30)33)31-15-16-34(52)45-38(31)54/h6-10,19,24-25,27,29,31H,11-18,21-23H2,1-5H3,(H,44,53)(H,45,52,54)/t24-,25+,27-,29-,31?. The summed E-state index contributed by atoms with van der Waals surface area (Å²) in [5, 5.41) is 21.0. The van der Waals surface area contributed by atoms with Crippen LogP contribution in [0.4, 0.5) is 11.4 Å². The SMILES string of the molecule is C[C@@H]1CN(CCO[C@H]2CC[C@H](N3C(=S)N(c4ccc(C#N)c(Cl)c4)C(=O)C3(C)C)CC2)C[C@H](C)N1CC(=O)Nc1cccc2c(C3CCC(=O)NC3=O)nn(C)c12. The molecule has 4 amide bonds. The van der Waals surface area contributed by atoms with Crippen molar-refractivity contribution in [2.24, 2.45) is 7.05 Å². The molecular formula is C41H50ClN9O5S. The summed E-state index contributed by atoms with van der Waals surface area (Å²) >= 11 is 12.2. The fraction of sp³-hybridized carbons (Fsp3) is 0.537. The van der Waals surface area contributed by atoms with Crippen molar-refractivity contribution >= 4 is 74.8 Å². The van der Waals surface area contributed by atoms with Gasteiger partial charge in [0.25, 0.3) is 5.91 Å². The van der Waals surface area contributed by atoms with Crippen LogP contribution in [-0.4, -0.2) is 116 Å². The number of nitriles is 1. The number of piperazine rings is 1. The molecule has 0 radical (unpaired) electrons. The van der Waals surface area contributed by atoms with Crippen LogP contribution in [0.5, 0.6) is 0 Å². The fourth-order valence-corrected chi connectivity index (χ4v) is 9.98. The lowest BCUT2D eigenvalue weighted by atomic mass is 9.89. The Bertz CT molecular complexity index is 2130. The molecule has 2 aromatic carbocycles. The summed E-state index contributed by atoms with van der Waals surface area (Å²) in [6.07, 6.45) is 4.26. The number of hydrogen-bond acceptors (Lipinski definition) is 10. The first-order valence-corrected chi connectivity index (χ1v) is 20.5. The van der Waals surface area contributed by atoms with Crippen LogP contribution in [0.3, 0.4) is 0 Å². The van der Waals surface area contributed by atoms with Crippen LogP contribution in [0.15, 0.2) is 36.4 Å². The average molecular weight is 816 g/mol. The zero-order valence-corrected chi connectivity index (χ0v) is 34.7. The number of aromatic nitrogens is 2. The van der Waals surface area contributed by atoms with Crippen molar-refractivity contribution in [2.75, 3.05) is 43.0 Å². The largest absolute Gasteiger partial charge is 0.377 e. The van der Waals surface area contributed by atoms with Crippen molar-refractivity contribution in [3.8, 4) is 6.07 Å². The molecule has 302 valence electrons. The summed E-state index contributed by atoms with van der Waals surface area (Å²) in [6.45, 7) is 11.4. The Hall–Kier alpha value is -4.46. The molecule has 1 unspecified atom stereocenters. The van der Waals surface area contributed by atoms with Crippen LogP contribution in [0.1, 0.15) is 83.4 Å². The van der Waals surface area contributed by atoms with Gasteiger partial charge in [0.2, 0.25) is 17.7 Å². The van der Waals surface area contributed by atoms with E-state index in [4.69, 9.17) is 28.6 Å². The minimum atomic E-state index is -0.817. The van der Waals surface area contributed by atoms with Crippen LogP contribution in [0.25, 0.3) is 10.9 Å². The van der Waals surface area contributed by atoms with Gasteiger partial charge in [-0.3, -0.25) is 43.9 Å². The minimum absolute atomic E-state index is 0.106. The van der Waals surface area contributed by atoms with E-state index in [0.29, 0.717) is 40.8 Å². The molecule has 3 aromatic rings. The number of nitrogens with one attached hydrogen (secondary N) is 2. The lowest BCUT2D eigenvalue weighted by molar-refractivity contribution is -0.134. The number of benzene rings is 2. The first-order valence-electron chi connectivity index (χ1n) is 19.7. The molecule has 4 heterocycles. The molecule has 1 aliphatic carbocycles. The molecule has 1 aromatic heterocycles. The molecule has 7 rings (SSSR count). The van der Waals surface area contributed by atoms with Crippen molar-refractivity contribution in [1.29, 1.82) is 5.26 Å². The molecular weight excluding hydrogens is 766 g/mol. The molecule has 0 bridgehead atoms. The monoisotopic (exact) mass is 815 g/mol. The third-order valence-electron chi connectivity index (χ3n) is 12.1. The second-order valence-electron chi connectivity index (χ2n) is 16.3. The van der Waals surface area contributed by atoms with Crippen LogP contribution in [0, 0.1) is 11.3 Å². The molecule has 3 atom stereocenters. The summed E-state index contributed by atoms with van der Waals surface area (Å²) in [5.41, 5.74) is 2.07. The van der Waals surface area contributed by atoms with Gasteiger partial charge in [0.05, 0.1) is 58.3 Å². The van der Waals surface area contributed by atoms with E-state index in [-0.39, 0.29) is 65.8 Å². The van der Waals surface area contributed by atoms with Gasteiger partial charge in [-0.2, -0.15) is 10.4 Å². The quantitative estimate of drug-likeness (QED) is 0.216. The van der Waals surface area contributed by atoms with Gasteiger partial charge < -0.3 is 15.0 Å². The Kier molecular flexibility index (Phi) is 11.7. The van der Waals surface area contributed by atoms with Gasteiger partial charge in [0.1, 0.15) is 11.6 Å². The minimum Gasteiger partial charge on any atom is -0.377 e. The number of halogens is 1. The topological polar surface area (TPSA) is 156 Å². The number of carbonyl (C=O) groups excluding carboxylic acids is 4. The Labute approximate surface area is 343 Å². The first kappa shape index (κ1) is 40.7. The Morgan fingerprint density at radius 2 is 1.81 bits per heavy atom. The lowest BCUT2D eigenvalue weighted by Crippen LogP contribution is -2.58. The molecule has 3 aliphatic heterocycles. The zero-order chi connectivity index (χ0) is 40.8. The highest BCUT2D eigenvalue weighted by molar-refractivity contribution is 7.80. The molecule has 57 heavy (non-hydrogen) atoms. The maximum Gasteiger partial charge on any atom is 0.258 e. The molecule has 4 fully saturated rings. The molecule has 14 nitrogen and oxygen atoms in total. The van der Waals surface area contributed by atoms with Gasteiger partial charge in [-0.25, -0.2) is 0 Å². The summed E-state index contributed by atoms with van der Waals surface area (Å²) in [7, 11) is 1.80. The van der Waals surface area contributed by atoms with Crippen molar-refractivity contribution in [1.82, 2.24) is 29.8 Å². The van der Waals surface area contributed by atoms with Gasteiger partial charge >= 0.3 is 0 Å². The number of rotatable bonds is 10. The van der Waals surface area contributed by atoms with E-state index in [1.165, 1.54) is 0 Å². The van der Waals surface area contributed by atoms with Crippen LogP contribution < -0.4 is 15.5 Å². The summed E-state index contributed by atoms with van der Waals surface area (Å²) in [5.74, 6) is -1.36. The molecule has 16 heteroatoms. The Morgan fingerprint density at radius 1 is 1.09 bits per heavy atom. The second-order valence-corrected chi connectivity index (χ2v) is 17.1. The average Bonchev–Trinajstić information content (AvgIpc) is 3.58. The number of ether oxygens (including phenoxy) is 1. The number of hydrogen-bond donors (Lipinski definition) is 2. The zero-order valence-electron chi connectivity index (χ0n) is 33.1. The number of carbonyl (C=O) groups is 4. The van der Waals surface area contributed by atoms with Crippen molar-refractivity contribution < 1.29 is 23.9 Å². The van der Waals surface area contributed by atoms with E-state index in [0.717, 1.165) is 56.2 Å². The summed E-state index contributed by atoms with van der Waals surface area (Å²) < 4.78 is 8.10.